The highest BCUT2D eigenvalue weighted by Gasteiger charge is 2.32. The molecule has 1 amide bonds. The van der Waals surface area contributed by atoms with Gasteiger partial charge in [-0.1, -0.05) is 96.8 Å². The molecule has 0 saturated carbocycles. The lowest BCUT2D eigenvalue weighted by Gasteiger charge is -2.33. The molecule has 2 aliphatic rings. The molecule has 0 N–H and O–H groups in total. The Morgan fingerprint density at radius 2 is 1.61 bits per heavy atom. The molecule has 2 saturated heterocycles. The zero-order valence-electron chi connectivity index (χ0n) is 17.5. The van der Waals surface area contributed by atoms with Gasteiger partial charge in [0.1, 0.15) is 4.32 Å². The molecule has 2 heterocycles. The monoisotopic (exact) mass is 449 g/mol. The topological polar surface area (TPSA) is 26.8 Å². The summed E-state index contributed by atoms with van der Waals surface area (Å²) in [5.74, 6) is 0.0409. The lowest BCUT2D eigenvalue weighted by molar-refractivity contribution is -0.122. The maximum Gasteiger partial charge on any atom is 0.267 e. The van der Waals surface area contributed by atoms with E-state index in [4.69, 9.17) is 12.2 Å². The van der Waals surface area contributed by atoms with Crippen LogP contribution in [0.25, 0.3) is 6.08 Å². The van der Waals surface area contributed by atoms with Crippen molar-refractivity contribution in [3.8, 4) is 0 Å². The molecule has 160 valence electrons. The van der Waals surface area contributed by atoms with Gasteiger partial charge in [-0.15, -0.1) is 0 Å². The zero-order chi connectivity index (χ0) is 21.5. The average molecular weight is 450 g/mol. The molecule has 0 radical (unpaired) electrons. The van der Waals surface area contributed by atoms with Crippen molar-refractivity contribution >= 4 is 40.3 Å². The average Bonchev–Trinajstić information content (AvgIpc) is 3.07. The maximum atomic E-state index is 12.9. The van der Waals surface area contributed by atoms with Crippen LogP contribution in [0, 0.1) is 0 Å². The highest BCUT2D eigenvalue weighted by molar-refractivity contribution is 8.26. The number of amides is 1. The maximum absolute atomic E-state index is 12.9. The van der Waals surface area contributed by atoms with Gasteiger partial charge in [0.05, 0.1) is 4.91 Å². The Balaban J connectivity index is 1.25. The summed E-state index contributed by atoms with van der Waals surface area (Å²) in [5.41, 5.74) is 2.45. The number of rotatable bonds is 7. The first-order valence-corrected chi connectivity index (χ1v) is 11.9. The molecule has 4 rings (SSSR count). The van der Waals surface area contributed by atoms with Crippen molar-refractivity contribution in [3.05, 3.63) is 89.0 Å². The molecule has 0 unspecified atom stereocenters. The summed E-state index contributed by atoms with van der Waals surface area (Å²) in [4.78, 5) is 20.0. The van der Waals surface area contributed by atoms with E-state index < -0.39 is 0 Å². The second-order valence-electron chi connectivity index (χ2n) is 7.70. The van der Waals surface area contributed by atoms with E-state index in [0.29, 0.717) is 10.9 Å². The SMILES string of the molecule is O=C1/C(=C\N2CCN(C/C=C/c3ccccc3)CC2)SC(=S)N1CCc1ccccc1. The lowest BCUT2D eigenvalue weighted by atomic mass is 10.1. The predicted octanol–water partition coefficient (Wildman–Crippen LogP) is 4.26. The number of thiocarbonyl (C=S) groups is 1. The smallest absolute Gasteiger partial charge is 0.267 e. The molecular formula is C25H27N3OS2. The molecule has 2 aliphatic heterocycles. The van der Waals surface area contributed by atoms with E-state index >= 15 is 0 Å². The number of hydrogen-bond acceptors (Lipinski definition) is 5. The quantitative estimate of drug-likeness (QED) is 0.465. The third-order valence-electron chi connectivity index (χ3n) is 5.52. The van der Waals surface area contributed by atoms with Gasteiger partial charge in [0, 0.05) is 45.5 Å². The molecule has 0 atom stereocenters. The van der Waals surface area contributed by atoms with Gasteiger partial charge in [-0.2, -0.15) is 0 Å². The summed E-state index contributed by atoms with van der Waals surface area (Å²) in [6.45, 7) is 5.41. The van der Waals surface area contributed by atoms with Gasteiger partial charge in [-0.05, 0) is 17.5 Å². The van der Waals surface area contributed by atoms with E-state index in [2.05, 4.69) is 58.4 Å². The Morgan fingerprint density at radius 1 is 0.935 bits per heavy atom. The number of nitrogens with zero attached hydrogens (tertiary/aromatic N) is 3. The molecule has 0 aromatic heterocycles. The van der Waals surface area contributed by atoms with Crippen LogP contribution in [0.1, 0.15) is 11.1 Å². The van der Waals surface area contributed by atoms with Gasteiger partial charge < -0.3 is 4.90 Å². The third kappa shape index (κ3) is 6.06. The van der Waals surface area contributed by atoms with Gasteiger partial charge in [-0.25, -0.2) is 0 Å². The molecule has 2 fully saturated rings. The second-order valence-corrected chi connectivity index (χ2v) is 9.38. The standard InChI is InChI=1S/C25H27N3OS2/c29-24-23(31-25(30)28(24)15-13-22-10-5-2-6-11-22)20-27-18-16-26(17-19-27)14-7-12-21-8-3-1-4-9-21/h1-12,20H,13-19H2/b12-7+,23-20+. The van der Waals surface area contributed by atoms with E-state index in [1.165, 1.54) is 22.9 Å². The van der Waals surface area contributed by atoms with Gasteiger partial charge in [0.25, 0.3) is 5.91 Å². The summed E-state index contributed by atoms with van der Waals surface area (Å²) in [6, 6.07) is 20.6. The number of hydrogen-bond donors (Lipinski definition) is 0. The highest BCUT2D eigenvalue weighted by Crippen LogP contribution is 2.31. The van der Waals surface area contributed by atoms with Crippen LogP contribution >= 0.6 is 24.0 Å². The van der Waals surface area contributed by atoms with Crippen molar-refractivity contribution in [3.63, 3.8) is 0 Å². The molecule has 2 aromatic carbocycles. The van der Waals surface area contributed by atoms with Crippen molar-refractivity contribution in [2.24, 2.45) is 0 Å². The minimum Gasteiger partial charge on any atom is -0.374 e. The van der Waals surface area contributed by atoms with Gasteiger partial charge in [-0.3, -0.25) is 14.6 Å². The van der Waals surface area contributed by atoms with Gasteiger partial charge in [0.15, 0.2) is 0 Å². The lowest BCUT2D eigenvalue weighted by Crippen LogP contribution is -2.44. The summed E-state index contributed by atoms with van der Waals surface area (Å²) >= 11 is 6.90. The van der Waals surface area contributed by atoms with Crippen LogP contribution in [0.5, 0.6) is 0 Å². The van der Waals surface area contributed by atoms with Crippen molar-refractivity contribution in [2.45, 2.75) is 6.42 Å². The van der Waals surface area contributed by atoms with Crippen molar-refractivity contribution in [1.82, 2.24) is 14.7 Å². The molecule has 0 aliphatic carbocycles. The Bertz CT molecular complexity index is 951. The van der Waals surface area contributed by atoms with Crippen LogP contribution in [0.2, 0.25) is 0 Å². The van der Waals surface area contributed by atoms with Gasteiger partial charge >= 0.3 is 0 Å². The molecule has 0 spiro atoms. The summed E-state index contributed by atoms with van der Waals surface area (Å²) in [6.07, 6.45) is 7.23. The van der Waals surface area contributed by atoms with E-state index in [1.54, 1.807) is 4.90 Å². The molecule has 0 bridgehead atoms. The fourth-order valence-corrected chi connectivity index (χ4v) is 5.03. The number of benzene rings is 2. The largest absolute Gasteiger partial charge is 0.374 e. The van der Waals surface area contributed by atoms with E-state index in [1.807, 2.05) is 30.5 Å². The summed E-state index contributed by atoms with van der Waals surface area (Å²) in [5, 5.41) is 0. The minimum atomic E-state index is 0.0409. The van der Waals surface area contributed by atoms with E-state index in [9.17, 15) is 4.79 Å². The molecular weight excluding hydrogens is 422 g/mol. The van der Waals surface area contributed by atoms with Crippen molar-refractivity contribution in [2.75, 3.05) is 39.3 Å². The third-order valence-corrected chi connectivity index (χ3v) is 6.89. The van der Waals surface area contributed by atoms with Crippen LogP contribution in [0.4, 0.5) is 0 Å². The molecule has 31 heavy (non-hydrogen) atoms. The Hall–Kier alpha value is -2.41. The minimum absolute atomic E-state index is 0.0409. The molecule has 2 aromatic rings. The Morgan fingerprint density at radius 3 is 2.32 bits per heavy atom. The highest BCUT2D eigenvalue weighted by atomic mass is 32.2. The Kier molecular flexibility index (Phi) is 7.57. The second kappa shape index (κ2) is 10.8. The van der Waals surface area contributed by atoms with Crippen LogP contribution in [-0.2, 0) is 11.2 Å². The first-order valence-electron chi connectivity index (χ1n) is 10.7. The van der Waals surface area contributed by atoms with E-state index in [-0.39, 0.29) is 5.91 Å². The molecule has 4 nitrogen and oxygen atoms in total. The van der Waals surface area contributed by atoms with Crippen LogP contribution in [0.3, 0.4) is 0 Å². The number of carbonyl (C=O) groups is 1. The zero-order valence-corrected chi connectivity index (χ0v) is 19.2. The normalized spacial score (nSPS) is 19.2. The summed E-state index contributed by atoms with van der Waals surface area (Å²) in [7, 11) is 0. The predicted molar refractivity (Wildman–Crippen MR) is 134 cm³/mol. The van der Waals surface area contributed by atoms with Crippen molar-refractivity contribution < 1.29 is 4.79 Å². The fraction of sp³-hybridized carbons (Fsp3) is 0.280. The first-order chi connectivity index (χ1) is 15.2. The van der Waals surface area contributed by atoms with Crippen LogP contribution in [0.15, 0.2) is 77.8 Å². The molecule has 6 heteroatoms. The number of piperazine rings is 1. The van der Waals surface area contributed by atoms with Crippen LogP contribution < -0.4 is 0 Å². The fourth-order valence-electron chi connectivity index (χ4n) is 3.71. The number of thioether (sulfide) groups is 1. The van der Waals surface area contributed by atoms with Crippen molar-refractivity contribution in [1.29, 1.82) is 0 Å². The van der Waals surface area contributed by atoms with E-state index in [0.717, 1.165) is 44.0 Å². The number of carbonyl (C=O) groups excluding carboxylic acids is 1. The summed E-state index contributed by atoms with van der Waals surface area (Å²) < 4.78 is 0.664. The first kappa shape index (κ1) is 21.8. The van der Waals surface area contributed by atoms with Gasteiger partial charge in [0.2, 0.25) is 0 Å². The van der Waals surface area contributed by atoms with Crippen LogP contribution in [-0.4, -0.2) is 64.2 Å². The Labute approximate surface area is 194 Å².